The average Bonchev–Trinajstić information content (AvgIpc) is 3.24. The molecule has 0 radical (unpaired) electrons. The number of pyridine rings is 1. The first-order valence-electron chi connectivity index (χ1n) is 10.5. The van der Waals surface area contributed by atoms with Crippen LogP contribution in [0.25, 0.3) is 0 Å². The number of methoxy groups -OCH3 is 1. The minimum Gasteiger partial charge on any atom is -0.454 e. The molecule has 6 heteroatoms. The van der Waals surface area contributed by atoms with Gasteiger partial charge >= 0.3 is 0 Å². The van der Waals surface area contributed by atoms with Crippen molar-refractivity contribution >= 4 is 0 Å². The third-order valence-corrected chi connectivity index (χ3v) is 5.86. The van der Waals surface area contributed by atoms with E-state index in [-0.39, 0.29) is 0 Å². The summed E-state index contributed by atoms with van der Waals surface area (Å²) in [6.45, 7) is 7.36. The highest BCUT2D eigenvalue weighted by molar-refractivity contribution is 5.48. The minimum absolute atomic E-state index is 0.316. The standard InChI is InChI=1S/C23H31N3O3/c1-27-14-13-25-11-7-20(8-12-25)16-26(15-19-5-9-24-10-6-19)17-21-3-2-4-22-23(21)29-18-28-22/h2-6,9-10,20H,7-8,11-18H2,1H3. The van der Waals surface area contributed by atoms with Gasteiger partial charge in [-0.15, -0.1) is 0 Å². The highest BCUT2D eigenvalue weighted by Gasteiger charge is 2.24. The number of likely N-dealkylation sites (tertiary alicyclic amines) is 1. The summed E-state index contributed by atoms with van der Waals surface area (Å²) in [6.07, 6.45) is 6.23. The van der Waals surface area contributed by atoms with Gasteiger partial charge in [-0.3, -0.25) is 9.88 Å². The zero-order valence-corrected chi connectivity index (χ0v) is 17.3. The quantitative estimate of drug-likeness (QED) is 0.648. The highest BCUT2D eigenvalue weighted by Crippen LogP contribution is 2.36. The molecule has 156 valence electrons. The van der Waals surface area contributed by atoms with Gasteiger partial charge in [-0.05, 0) is 55.6 Å². The van der Waals surface area contributed by atoms with Crippen molar-refractivity contribution in [2.45, 2.75) is 25.9 Å². The van der Waals surface area contributed by atoms with E-state index in [1.807, 2.05) is 18.5 Å². The minimum atomic E-state index is 0.316. The molecule has 0 saturated carbocycles. The van der Waals surface area contributed by atoms with Gasteiger partial charge in [0, 0.05) is 51.2 Å². The second-order valence-electron chi connectivity index (χ2n) is 7.95. The van der Waals surface area contributed by atoms with Crippen LogP contribution in [0.4, 0.5) is 0 Å². The number of piperidine rings is 1. The fourth-order valence-electron chi connectivity index (χ4n) is 4.27. The molecular formula is C23H31N3O3. The maximum atomic E-state index is 5.74. The molecule has 2 aliphatic heterocycles. The molecular weight excluding hydrogens is 366 g/mol. The van der Waals surface area contributed by atoms with E-state index in [1.54, 1.807) is 7.11 Å². The number of nitrogens with zero attached hydrogens (tertiary/aromatic N) is 3. The van der Waals surface area contributed by atoms with Gasteiger partial charge < -0.3 is 19.1 Å². The second kappa shape index (κ2) is 10.1. The van der Waals surface area contributed by atoms with Crippen molar-refractivity contribution in [2.24, 2.45) is 5.92 Å². The second-order valence-corrected chi connectivity index (χ2v) is 7.95. The lowest BCUT2D eigenvalue weighted by molar-refractivity contribution is 0.103. The van der Waals surface area contributed by atoms with Crippen LogP contribution in [0.1, 0.15) is 24.0 Å². The number of hydrogen-bond acceptors (Lipinski definition) is 6. The number of ether oxygens (including phenoxy) is 3. The average molecular weight is 398 g/mol. The normalized spacial score (nSPS) is 17.2. The summed E-state index contributed by atoms with van der Waals surface area (Å²) in [5.41, 5.74) is 2.49. The largest absolute Gasteiger partial charge is 0.454 e. The number of rotatable bonds is 9. The molecule has 1 aromatic heterocycles. The van der Waals surface area contributed by atoms with E-state index < -0.39 is 0 Å². The maximum Gasteiger partial charge on any atom is 0.231 e. The van der Waals surface area contributed by atoms with Crippen LogP contribution in [0.2, 0.25) is 0 Å². The molecule has 0 spiro atoms. The molecule has 2 aliphatic rings. The Labute approximate surface area is 173 Å². The lowest BCUT2D eigenvalue weighted by Crippen LogP contribution is -2.39. The van der Waals surface area contributed by atoms with E-state index in [1.165, 1.54) is 24.0 Å². The van der Waals surface area contributed by atoms with Crippen LogP contribution in [-0.2, 0) is 17.8 Å². The lowest BCUT2D eigenvalue weighted by atomic mass is 9.95. The predicted octanol–water partition coefficient (Wildman–Crippen LogP) is 3.17. The Morgan fingerprint density at radius 1 is 1.10 bits per heavy atom. The topological polar surface area (TPSA) is 47.1 Å². The van der Waals surface area contributed by atoms with Crippen molar-refractivity contribution in [3.8, 4) is 11.5 Å². The molecule has 1 aromatic carbocycles. The van der Waals surface area contributed by atoms with E-state index in [2.05, 4.69) is 39.0 Å². The summed E-state index contributed by atoms with van der Waals surface area (Å²) in [6, 6.07) is 10.4. The van der Waals surface area contributed by atoms with Gasteiger partial charge in [-0.2, -0.15) is 0 Å². The highest BCUT2D eigenvalue weighted by atomic mass is 16.7. The zero-order chi connectivity index (χ0) is 19.9. The maximum absolute atomic E-state index is 5.74. The number of fused-ring (bicyclic) bond motifs is 1. The Balaban J connectivity index is 1.41. The van der Waals surface area contributed by atoms with E-state index in [9.17, 15) is 0 Å². The number of hydrogen-bond donors (Lipinski definition) is 0. The van der Waals surface area contributed by atoms with Crippen molar-refractivity contribution in [2.75, 3.05) is 46.7 Å². The van der Waals surface area contributed by atoms with Crippen LogP contribution in [-0.4, -0.2) is 61.5 Å². The number of para-hydroxylation sites is 1. The summed E-state index contributed by atoms with van der Waals surface area (Å²) < 4.78 is 16.5. The van der Waals surface area contributed by atoms with Gasteiger partial charge in [-0.1, -0.05) is 12.1 Å². The van der Waals surface area contributed by atoms with Crippen molar-refractivity contribution in [1.29, 1.82) is 0 Å². The molecule has 1 saturated heterocycles. The third-order valence-electron chi connectivity index (χ3n) is 5.86. The van der Waals surface area contributed by atoms with E-state index in [0.717, 1.165) is 57.4 Å². The Bertz CT molecular complexity index is 763. The third kappa shape index (κ3) is 5.47. The summed E-state index contributed by atoms with van der Waals surface area (Å²) in [4.78, 5) is 9.22. The first-order chi connectivity index (χ1) is 14.3. The van der Waals surface area contributed by atoms with Crippen LogP contribution in [0, 0.1) is 5.92 Å². The van der Waals surface area contributed by atoms with Crippen molar-refractivity contribution in [3.63, 3.8) is 0 Å². The van der Waals surface area contributed by atoms with Gasteiger partial charge in [0.15, 0.2) is 11.5 Å². The molecule has 6 nitrogen and oxygen atoms in total. The van der Waals surface area contributed by atoms with Crippen LogP contribution in [0.3, 0.4) is 0 Å². The van der Waals surface area contributed by atoms with Gasteiger partial charge in [0.2, 0.25) is 6.79 Å². The van der Waals surface area contributed by atoms with Gasteiger partial charge in [0.1, 0.15) is 0 Å². The Kier molecular flexibility index (Phi) is 6.98. The summed E-state index contributed by atoms with van der Waals surface area (Å²) in [5.74, 6) is 2.48. The Hall–Kier alpha value is -2.15. The monoisotopic (exact) mass is 397 g/mol. The van der Waals surface area contributed by atoms with Crippen LogP contribution >= 0.6 is 0 Å². The number of aromatic nitrogens is 1. The predicted molar refractivity (Wildman–Crippen MR) is 112 cm³/mol. The van der Waals surface area contributed by atoms with Crippen molar-refractivity contribution in [3.05, 3.63) is 53.9 Å². The lowest BCUT2D eigenvalue weighted by Gasteiger charge is -2.35. The van der Waals surface area contributed by atoms with E-state index in [4.69, 9.17) is 14.2 Å². The van der Waals surface area contributed by atoms with E-state index in [0.29, 0.717) is 12.7 Å². The smallest absolute Gasteiger partial charge is 0.231 e. The molecule has 1 fully saturated rings. The van der Waals surface area contributed by atoms with Gasteiger partial charge in [0.05, 0.1) is 6.61 Å². The molecule has 29 heavy (non-hydrogen) atoms. The fourth-order valence-corrected chi connectivity index (χ4v) is 4.27. The molecule has 0 atom stereocenters. The molecule has 0 N–H and O–H groups in total. The molecule has 0 aliphatic carbocycles. The van der Waals surface area contributed by atoms with Crippen LogP contribution in [0.5, 0.6) is 11.5 Å². The van der Waals surface area contributed by atoms with Crippen molar-refractivity contribution in [1.82, 2.24) is 14.8 Å². The fraction of sp³-hybridized carbons (Fsp3) is 0.522. The molecule has 2 aromatic rings. The van der Waals surface area contributed by atoms with E-state index >= 15 is 0 Å². The molecule has 3 heterocycles. The summed E-state index contributed by atoms with van der Waals surface area (Å²) in [5, 5.41) is 0. The SMILES string of the molecule is COCCN1CCC(CN(Cc2ccncc2)Cc2cccc3c2OCO3)CC1. The first kappa shape index (κ1) is 20.1. The zero-order valence-electron chi connectivity index (χ0n) is 17.3. The van der Waals surface area contributed by atoms with Gasteiger partial charge in [0.25, 0.3) is 0 Å². The summed E-state index contributed by atoms with van der Waals surface area (Å²) in [7, 11) is 1.78. The Morgan fingerprint density at radius 2 is 1.93 bits per heavy atom. The molecule has 0 bridgehead atoms. The van der Waals surface area contributed by atoms with Crippen LogP contribution in [0.15, 0.2) is 42.7 Å². The Morgan fingerprint density at radius 3 is 2.72 bits per heavy atom. The molecule has 0 amide bonds. The molecule has 4 rings (SSSR count). The first-order valence-corrected chi connectivity index (χ1v) is 10.5. The van der Waals surface area contributed by atoms with Crippen molar-refractivity contribution < 1.29 is 14.2 Å². The summed E-state index contributed by atoms with van der Waals surface area (Å²) >= 11 is 0. The van der Waals surface area contributed by atoms with Gasteiger partial charge in [-0.25, -0.2) is 0 Å². The molecule has 0 unspecified atom stereocenters. The van der Waals surface area contributed by atoms with Crippen LogP contribution < -0.4 is 9.47 Å². The number of benzene rings is 1.